The van der Waals surface area contributed by atoms with Gasteiger partial charge in [0.1, 0.15) is 16.9 Å². The molecule has 3 aromatic rings. The molecule has 0 saturated carbocycles. The van der Waals surface area contributed by atoms with Crippen LogP contribution in [0.5, 0.6) is 0 Å². The van der Waals surface area contributed by atoms with E-state index in [2.05, 4.69) is 9.97 Å². The van der Waals surface area contributed by atoms with Crippen LogP contribution in [-0.2, 0) is 25.9 Å². The van der Waals surface area contributed by atoms with Crippen molar-refractivity contribution in [3.05, 3.63) is 46.4 Å². The van der Waals surface area contributed by atoms with E-state index in [1.54, 1.807) is 31.7 Å². The summed E-state index contributed by atoms with van der Waals surface area (Å²) in [6.07, 6.45) is 1.90. The molecular formula is C26H33N5O7S. The first-order valence-electron chi connectivity index (χ1n) is 12.5. The van der Waals surface area contributed by atoms with Crippen molar-refractivity contribution in [3.8, 4) is 0 Å². The monoisotopic (exact) mass is 559 g/mol. The Morgan fingerprint density at radius 2 is 1.90 bits per heavy atom. The van der Waals surface area contributed by atoms with E-state index in [0.29, 0.717) is 29.0 Å². The average Bonchev–Trinajstić information content (AvgIpc) is 2.85. The van der Waals surface area contributed by atoms with Gasteiger partial charge in [-0.3, -0.25) is 14.3 Å². The lowest BCUT2D eigenvalue weighted by molar-refractivity contribution is 0.0580. The Kier molecular flexibility index (Phi) is 7.96. The number of aromatic nitrogens is 3. The molecule has 0 saturated heterocycles. The number of rotatable bonds is 7. The molecule has 3 heterocycles. The molecule has 1 aliphatic rings. The molecule has 0 fully saturated rings. The summed E-state index contributed by atoms with van der Waals surface area (Å²) in [5.41, 5.74) is 1.51. The van der Waals surface area contributed by atoms with Gasteiger partial charge >= 0.3 is 6.09 Å². The summed E-state index contributed by atoms with van der Waals surface area (Å²) in [7, 11) is -3.72. The summed E-state index contributed by atoms with van der Waals surface area (Å²) in [5, 5.41) is 9.12. The number of fused-ring (bicyclic) bond motifs is 2. The van der Waals surface area contributed by atoms with E-state index >= 15 is 0 Å². The Morgan fingerprint density at radius 3 is 2.56 bits per heavy atom. The maximum atomic E-state index is 13.9. The molecule has 0 radical (unpaired) electrons. The van der Waals surface area contributed by atoms with Crippen molar-refractivity contribution in [2.45, 2.75) is 45.0 Å². The van der Waals surface area contributed by atoms with Gasteiger partial charge in [0.05, 0.1) is 37.7 Å². The van der Waals surface area contributed by atoms with Crippen LogP contribution in [0.25, 0.3) is 11.0 Å². The minimum atomic E-state index is -3.72. The van der Waals surface area contributed by atoms with Gasteiger partial charge in [0, 0.05) is 30.9 Å². The molecule has 13 heteroatoms. The quantitative estimate of drug-likeness (QED) is 0.338. The van der Waals surface area contributed by atoms with Crippen LogP contribution in [0.2, 0.25) is 0 Å². The first kappa shape index (κ1) is 28.5. The highest BCUT2D eigenvalue weighted by atomic mass is 32.2. The standard InChI is InChI=1S/C26H33N5O7S/c1-17-7-6-8-19-21(17)30(25(34)38-26(2,3)4)10-9-29(19)20-15-18-16-27-24(39(5,35)36)28-22(18)31(23(20)33)11-13-37-14-12-32/h6-8,15-16,32H,9-14H2,1-5H3. The normalized spacial score (nSPS) is 14.0. The maximum absolute atomic E-state index is 13.9. The summed E-state index contributed by atoms with van der Waals surface area (Å²) >= 11 is 0. The molecule has 12 nitrogen and oxygen atoms in total. The number of ether oxygens (including phenoxy) is 2. The van der Waals surface area contributed by atoms with E-state index in [4.69, 9.17) is 14.6 Å². The second-order valence-corrected chi connectivity index (χ2v) is 12.2. The molecule has 1 N–H and O–H groups in total. The number of carbonyl (C=O) groups is 1. The van der Waals surface area contributed by atoms with Crippen molar-refractivity contribution >= 4 is 44.0 Å². The van der Waals surface area contributed by atoms with Gasteiger partial charge in [0.15, 0.2) is 0 Å². The molecule has 0 atom stereocenters. The van der Waals surface area contributed by atoms with Gasteiger partial charge in [-0.15, -0.1) is 0 Å². The molecule has 1 amide bonds. The third-order valence-electron chi connectivity index (χ3n) is 6.04. The molecule has 0 spiro atoms. The molecule has 4 rings (SSSR count). The first-order valence-corrected chi connectivity index (χ1v) is 14.4. The Morgan fingerprint density at radius 1 is 1.15 bits per heavy atom. The van der Waals surface area contributed by atoms with E-state index in [9.17, 15) is 18.0 Å². The summed E-state index contributed by atoms with van der Waals surface area (Å²) in [5.74, 6) is 0. The predicted molar refractivity (Wildman–Crippen MR) is 147 cm³/mol. The van der Waals surface area contributed by atoms with Crippen molar-refractivity contribution in [1.82, 2.24) is 14.5 Å². The largest absolute Gasteiger partial charge is 0.443 e. The van der Waals surface area contributed by atoms with Gasteiger partial charge in [-0.1, -0.05) is 12.1 Å². The van der Waals surface area contributed by atoms with Gasteiger partial charge in [0.2, 0.25) is 15.0 Å². The Balaban J connectivity index is 1.86. The highest BCUT2D eigenvalue weighted by molar-refractivity contribution is 7.90. The number of sulfone groups is 1. The lowest BCUT2D eigenvalue weighted by Crippen LogP contribution is -2.46. The number of carbonyl (C=O) groups excluding carboxylic acids is 1. The smallest absolute Gasteiger partial charge is 0.414 e. The number of aliphatic hydroxyl groups is 1. The number of aryl methyl sites for hydroxylation is 1. The number of benzene rings is 1. The molecule has 2 aromatic heterocycles. The maximum Gasteiger partial charge on any atom is 0.414 e. The first-order chi connectivity index (χ1) is 18.3. The number of hydrogen-bond acceptors (Lipinski definition) is 10. The number of nitrogens with zero attached hydrogens (tertiary/aromatic N) is 5. The SMILES string of the molecule is Cc1cccc2c1N(C(=O)OC(C)(C)C)CCN2c1cc2cnc(S(C)(=O)=O)nc2n(CCOCCO)c1=O. The van der Waals surface area contributed by atoms with Crippen molar-refractivity contribution in [1.29, 1.82) is 0 Å². The lowest BCUT2D eigenvalue weighted by Gasteiger charge is -2.39. The Hall–Kier alpha value is -3.55. The molecule has 0 unspecified atom stereocenters. The van der Waals surface area contributed by atoms with Crippen molar-refractivity contribution < 1.29 is 27.8 Å². The van der Waals surface area contributed by atoms with Crippen LogP contribution in [0, 0.1) is 6.92 Å². The minimum absolute atomic E-state index is 0.0714. The number of pyridine rings is 1. The van der Waals surface area contributed by atoms with Crippen LogP contribution in [0.15, 0.2) is 40.4 Å². The van der Waals surface area contributed by atoms with Crippen molar-refractivity contribution in [3.63, 3.8) is 0 Å². The molecule has 0 bridgehead atoms. The Bertz CT molecular complexity index is 1560. The average molecular weight is 560 g/mol. The molecule has 210 valence electrons. The predicted octanol–water partition coefficient (Wildman–Crippen LogP) is 2.41. The number of anilines is 3. The van der Waals surface area contributed by atoms with E-state index in [0.717, 1.165) is 11.8 Å². The van der Waals surface area contributed by atoms with E-state index < -0.39 is 27.1 Å². The fraction of sp³-hybridized carbons (Fsp3) is 0.462. The van der Waals surface area contributed by atoms with Crippen molar-refractivity contribution in [2.24, 2.45) is 0 Å². The molecule has 1 aromatic carbocycles. The number of hydrogen-bond donors (Lipinski definition) is 1. The Labute approximate surface area is 226 Å². The zero-order chi connectivity index (χ0) is 28.5. The van der Waals surface area contributed by atoms with Crippen LogP contribution in [0.4, 0.5) is 21.9 Å². The van der Waals surface area contributed by atoms with Gasteiger partial charge in [-0.05, 0) is 45.4 Å². The number of aliphatic hydroxyl groups excluding tert-OH is 1. The molecule has 0 aliphatic carbocycles. The van der Waals surface area contributed by atoms with Crippen molar-refractivity contribution in [2.75, 3.05) is 49.0 Å². The molecule has 1 aliphatic heterocycles. The summed E-state index contributed by atoms with van der Waals surface area (Å²) in [6.45, 7) is 7.96. The summed E-state index contributed by atoms with van der Waals surface area (Å²) in [4.78, 5) is 38.6. The highest BCUT2D eigenvalue weighted by Gasteiger charge is 2.33. The zero-order valence-corrected chi connectivity index (χ0v) is 23.5. The van der Waals surface area contributed by atoms with E-state index in [-0.39, 0.29) is 43.7 Å². The van der Waals surface area contributed by atoms with Gasteiger partial charge < -0.3 is 19.5 Å². The van der Waals surface area contributed by atoms with Gasteiger partial charge in [-0.25, -0.2) is 18.2 Å². The topological polar surface area (TPSA) is 144 Å². The summed E-state index contributed by atoms with van der Waals surface area (Å²) < 4.78 is 36.6. The second-order valence-electron chi connectivity index (χ2n) is 10.3. The third-order valence-corrected chi connectivity index (χ3v) is 6.90. The fourth-order valence-electron chi connectivity index (χ4n) is 4.42. The second kappa shape index (κ2) is 10.9. The highest BCUT2D eigenvalue weighted by Crippen LogP contribution is 2.40. The fourth-order valence-corrected chi connectivity index (χ4v) is 4.92. The zero-order valence-electron chi connectivity index (χ0n) is 22.7. The van der Waals surface area contributed by atoms with Crippen LogP contribution < -0.4 is 15.4 Å². The minimum Gasteiger partial charge on any atom is -0.443 e. The van der Waals surface area contributed by atoms with Gasteiger partial charge in [-0.2, -0.15) is 4.98 Å². The van der Waals surface area contributed by atoms with E-state index in [1.165, 1.54) is 10.8 Å². The lowest BCUT2D eigenvalue weighted by atomic mass is 10.1. The third kappa shape index (κ3) is 6.05. The van der Waals surface area contributed by atoms with Crippen LogP contribution >= 0.6 is 0 Å². The number of amides is 1. The van der Waals surface area contributed by atoms with Crippen LogP contribution in [0.1, 0.15) is 26.3 Å². The van der Waals surface area contributed by atoms with Gasteiger partial charge in [0.25, 0.3) is 5.56 Å². The van der Waals surface area contributed by atoms with Crippen LogP contribution in [0.3, 0.4) is 0 Å². The number of para-hydroxylation sites is 1. The van der Waals surface area contributed by atoms with Crippen LogP contribution in [-0.4, -0.2) is 78.9 Å². The van der Waals surface area contributed by atoms with E-state index in [1.807, 2.05) is 30.0 Å². The molecular weight excluding hydrogens is 526 g/mol. The summed E-state index contributed by atoms with van der Waals surface area (Å²) in [6, 6.07) is 7.20. The molecule has 39 heavy (non-hydrogen) atoms.